The first-order valence-electron chi connectivity index (χ1n) is 30.3. The standard InChI is InChI=1S/C62H116O6/c1-4-7-10-13-16-19-22-25-28-31-32-35-37-40-43-46-49-52-55-61(64)67-58-59(68-62(65)56-53-50-47-44-41-38-34-30-27-24-21-18-15-12-9-6-3)57-66-60(63)54-51-48-45-42-39-36-33-29-26-23-20-17-14-11-8-5-2/h29-30,33-34,59H,4-28,31-32,35-58H2,1-3H3/b33-29-,34-30-/t59-/m1/s1. The molecular weight excluding hydrogens is 841 g/mol. The summed E-state index contributed by atoms with van der Waals surface area (Å²) in [5, 5.41) is 0. The van der Waals surface area contributed by atoms with Gasteiger partial charge in [0.2, 0.25) is 0 Å². The van der Waals surface area contributed by atoms with Crippen molar-refractivity contribution in [2.45, 2.75) is 341 Å². The summed E-state index contributed by atoms with van der Waals surface area (Å²) in [6.07, 6.45) is 67.4. The first-order valence-corrected chi connectivity index (χ1v) is 30.3. The number of allylic oxidation sites excluding steroid dienone is 4. The molecule has 0 aromatic rings. The molecule has 0 aliphatic carbocycles. The summed E-state index contributed by atoms with van der Waals surface area (Å²) in [5.74, 6) is -0.867. The van der Waals surface area contributed by atoms with Gasteiger partial charge in [0.1, 0.15) is 13.2 Å². The fourth-order valence-corrected chi connectivity index (χ4v) is 9.08. The number of hydrogen-bond acceptors (Lipinski definition) is 6. The number of esters is 3. The molecule has 400 valence electrons. The number of hydrogen-bond donors (Lipinski definition) is 0. The van der Waals surface area contributed by atoms with Crippen LogP contribution in [0, 0.1) is 0 Å². The zero-order chi connectivity index (χ0) is 49.3. The molecule has 0 aromatic carbocycles. The molecule has 0 unspecified atom stereocenters. The second-order valence-electron chi connectivity index (χ2n) is 20.6. The maximum Gasteiger partial charge on any atom is 0.306 e. The third-order valence-corrected chi connectivity index (χ3v) is 13.7. The lowest BCUT2D eigenvalue weighted by Crippen LogP contribution is -2.30. The largest absolute Gasteiger partial charge is 0.462 e. The molecule has 0 radical (unpaired) electrons. The topological polar surface area (TPSA) is 78.9 Å². The highest BCUT2D eigenvalue weighted by molar-refractivity contribution is 5.71. The summed E-state index contributed by atoms with van der Waals surface area (Å²) >= 11 is 0. The van der Waals surface area contributed by atoms with Gasteiger partial charge in [-0.1, -0.05) is 270 Å². The number of unbranched alkanes of at least 4 members (excludes halogenated alkanes) is 41. The Morgan fingerprint density at radius 1 is 0.279 bits per heavy atom. The maximum atomic E-state index is 12.9. The van der Waals surface area contributed by atoms with Crippen molar-refractivity contribution >= 4 is 17.9 Å². The summed E-state index contributed by atoms with van der Waals surface area (Å²) in [4.78, 5) is 38.2. The van der Waals surface area contributed by atoms with Crippen molar-refractivity contribution in [1.29, 1.82) is 0 Å². The summed E-state index contributed by atoms with van der Waals surface area (Å²) in [6, 6.07) is 0. The summed E-state index contributed by atoms with van der Waals surface area (Å²) in [7, 11) is 0. The Balaban J connectivity index is 4.34. The predicted octanol–water partition coefficient (Wildman–Crippen LogP) is 20.3. The Kier molecular flexibility index (Phi) is 55.7. The van der Waals surface area contributed by atoms with Gasteiger partial charge < -0.3 is 14.2 Å². The van der Waals surface area contributed by atoms with Gasteiger partial charge in [-0.2, -0.15) is 0 Å². The van der Waals surface area contributed by atoms with Gasteiger partial charge in [0, 0.05) is 19.3 Å². The van der Waals surface area contributed by atoms with Gasteiger partial charge in [-0.05, 0) is 70.6 Å². The molecule has 6 heteroatoms. The fraction of sp³-hybridized carbons (Fsp3) is 0.887. The fourth-order valence-electron chi connectivity index (χ4n) is 9.08. The minimum absolute atomic E-state index is 0.0725. The van der Waals surface area contributed by atoms with Crippen molar-refractivity contribution in [3.05, 3.63) is 24.3 Å². The number of carbonyl (C=O) groups is 3. The molecule has 0 spiro atoms. The van der Waals surface area contributed by atoms with Crippen LogP contribution in [0.4, 0.5) is 0 Å². The van der Waals surface area contributed by atoms with Gasteiger partial charge in [0.15, 0.2) is 6.10 Å². The Morgan fingerprint density at radius 2 is 0.485 bits per heavy atom. The maximum absolute atomic E-state index is 12.9. The molecule has 0 heterocycles. The lowest BCUT2D eigenvalue weighted by atomic mass is 10.0. The van der Waals surface area contributed by atoms with E-state index in [1.165, 1.54) is 225 Å². The smallest absolute Gasteiger partial charge is 0.306 e. The summed E-state index contributed by atoms with van der Waals surface area (Å²) in [6.45, 7) is 6.68. The van der Waals surface area contributed by atoms with Crippen LogP contribution in [-0.4, -0.2) is 37.2 Å². The quantitative estimate of drug-likeness (QED) is 0.0262. The molecular formula is C62H116O6. The Labute approximate surface area is 423 Å². The van der Waals surface area contributed by atoms with Crippen LogP contribution in [0.15, 0.2) is 24.3 Å². The normalized spacial score (nSPS) is 12.1. The minimum atomic E-state index is -0.776. The molecule has 0 bridgehead atoms. The van der Waals surface area contributed by atoms with Crippen LogP contribution in [-0.2, 0) is 28.6 Å². The highest BCUT2D eigenvalue weighted by atomic mass is 16.6. The van der Waals surface area contributed by atoms with E-state index in [-0.39, 0.29) is 31.1 Å². The number of ether oxygens (including phenoxy) is 3. The zero-order valence-electron chi connectivity index (χ0n) is 45.9. The molecule has 0 aliphatic heterocycles. The van der Waals surface area contributed by atoms with Crippen LogP contribution >= 0.6 is 0 Å². The number of carbonyl (C=O) groups excluding carboxylic acids is 3. The van der Waals surface area contributed by atoms with Crippen LogP contribution in [0.2, 0.25) is 0 Å². The van der Waals surface area contributed by atoms with Gasteiger partial charge in [0.25, 0.3) is 0 Å². The van der Waals surface area contributed by atoms with Crippen molar-refractivity contribution in [3.8, 4) is 0 Å². The van der Waals surface area contributed by atoms with Gasteiger partial charge in [0.05, 0.1) is 0 Å². The summed E-state index contributed by atoms with van der Waals surface area (Å²) < 4.78 is 16.9. The van der Waals surface area contributed by atoms with E-state index in [9.17, 15) is 14.4 Å². The minimum Gasteiger partial charge on any atom is -0.462 e. The monoisotopic (exact) mass is 957 g/mol. The van der Waals surface area contributed by atoms with E-state index >= 15 is 0 Å². The van der Waals surface area contributed by atoms with Crippen LogP contribution in [0.25, 0.3) is 0 Å². The molecule has 68 heavy (non-hydrogen) atoms. The zero-order valence-corrected chi connectivity index (χ0v) is 45.9. The third-order valence-electron chi connectivity index (χ3n) is 13.7. The van der Waals surface area contributed by atoms with Gasteiger partial charge >= 0.3 is 17.9 Å². The van der Waals surface area contributed by atoms with E-state index in [1.54, 1.807) is 0 Å². The van der Waals surface area contributed by atoms with Crippen molar-refractivity contribution in [2.75, 3.05) is 13.2 Å². The molecule has 0 rings (SSSR count). The predicted molar refractivity (Wildman–Crippen MR) is 293 cm³/mol. The molecule has 0 amide bonds. The van der Waals surface area contributed by atoms with E-state index in [0.717, 1.165) is 70.6 Å². The van der Waals surface area contributed by atoms with E-state index in [4.69, 9.17) is 14.2 Å². The first-order chi connectivity index (χ1) is 33.5. The van der Waals surface area contributed by atoms with Crippen molar-refractivity contribution in [1.82, 2.24) is 0 Å². The van der Waals surface area contributed by atoms with E-state index in [0.29, 0.717) is 19.3 Å². The molecule has 0 saturated heterocycles. The first kappa shape index (κ1) is 65.9. The Morgan fingerprint density at radius 3 is 0.735 bits per heavy atom. The van der Waals surface area contributed by atoms with Crippen LogP contribution in [0.1, 0.15) is 335 Å². The lowest BCUT2D eigenvalue weighted by molar-refractivity contribution is -0.167. The van der Waals surface area contributed by atoms with Gasteiger partial charge in [-0.3, -0.25) is 14.4 Å². The molecule has 0 aromatic heterocycles. The van der Waals surface area contributed by atoms with Crippen molar-refractivity contribution < 1.29 is 28.6 Å². The van der Waals surface area contributed by atoms with Gasteiger partial charge in [-0.15, -0.1) is 0 Å². The Bertz CT molecular complexity index is 1100. The third kappa shape index (κ3) is 54.8. The molecule has 0 fully saturated rings. The van der Waals surface area contributed by atoms with Crippen molar-refractivity contribution in [3.63, 3.8) is 0 Å². The summed E-state index contributed by atoms with van der Waals surface area (Å²) in [5.41, 5.74) is 0. The molecule has 0 saturated carbocycles. The highest BCUT2D eigenvalue weighted by Gasteiger charge is 2.19. The van der Waals surface area contributed by atoms with Crippen LogP contribution in [0.3, 0.4) is 0 Å². The molecule has 6 nitrogen and oxygen atoms in total. The van der Waals surface area contributed by atoms with Gasteiger partial charge in [-0.25, -0.2) is 0 Å². The van der Waals surface area contributed by atoms with Crippen LogP contribution < -0.4 is 0 Å². The molecule has 0 N–H and O–H groups in total. The van der Waals surface area contributed by atoms with E-state index in [1.807, 2.05) is 0 Å². The lowest BCUT2D eigenvalue weighted by Gasteiger charge is -2.18. The average Bonchev–Trinajstić information content (AvgIpc) is 3.34. The average molecular weight is 958 g/mol. The second-order valence-corrected chi connectivity index (χ2v) is 20.6. The molecule has 1 atom stereocenters. The molecule has 0 aliphatic rings. The Hall–Kier alpha value is -2.11. The SMILES string of the molecule is CCCCCCCCC/C=C\CCCCCCCC(=O)OC[C@H](COC(=O)CCCCCCCCCCCCCCCCCCCC)OC(=O)CCCCCCC/C=C\CCCCCCCCC. The highest BCUT2D eigenvalue weighted by Crippen LogP contribution is 2.17. The second kappa shape index (κ2) is 57.5. The van der Waals surface area contributed by atoms with E-state index < -0.39 is 6.10 Å². The van der Waals surface area contributed by atoms with E-state index in [2.05, 4.69) is 45.1 Å². The van der Waals surface area contributed by atoms with Crippen molar-refractivity contribution in [2.24, 2.45) is 0 Å². The van der Waals surface area contributed by atoms with Crippen LogP contribution in [0.5, 0.6) is 0 Å². The number of rotatable bonds is 56.